The third kappa shape index (κ3) is 14.2. The fourth-order valence-corrected chi connectivity index (χ4v) is 3.60. The van der Waals surface area contributed by atoms with Crippen LogP contribution < -0.4 is 10.1 Å². The summed E-state index contributed by atoms with van der Waals surface area (Å²) in [5, 5.41) is 12.0. The Balaban J connectivity index is 2.12. The van der Waals surface area contributed by atoms with Crippen LogP contribution in [0.3, 0.4) is 0 Å². The molecule has 6 nitrogen and oxygen atoms in total. The molecule has 0 saturated heterocycles. The first-order chi connectivity index (χ1) is 15.9. The highest BCUT2D eigenvalue weighted by molar-refractivity contribution is 5.96. The molecule has 1 aromatic rings. The lowest BCUT2D eigenvalue weighted by Crippen LogP contribution is -2.13. The number of benzene rings is 1. The van der Waals surface area contributed by atoms with Gasteiger partial charge in [0.15, 0.2) is 0 Å². The Hall–Kier alpha value is -2.63. The molecule has 184 valence electrons. The second kappa shape index (κ2) is 17.9. The van der Waals surface area contributed by atoms with E-state index < -0.39 is 11.9 Å². The van der Waals surface area contributed by atoms with E-state index in [0.29, 0.717) is 12.1 Å². The summed E-state index contributed by atoms with van der Waals surface area (Å²) in [5.41, 5.74) is 0.213. The SMILES string of the molecule is CCCCCCCC/C=C\CCCCCCCC(=O)Nc1ccc(OC(C)=O)c(C(=O)O)c1. The molecule has 0 spiro atoms. The van der Waals surface area contributed by atoms with Crippen molar-refractivity contribution < 1.29 is 24.2 Å². The number of carbonyl (C=O) groups excluding carboxylic acids is 2. The van der Waals surface area contributed by atoms with Crippen LogP contribution in [-0.4, -0.2) is 23.0 Å². The van der Waals surface area contributed by atoms with Crippen LogP contribution in [0, 0.1) is 0 Å². The van der Waals surface area contributed by atoms with Crippen molar-refractivity contribution in [1.82, 2.24) is 0 Å². The highest BCUT2D eigenvalue weighted by Gasteiger charge is 2.15. The van der Waals surface area contributed by atoms with Gasteiger partial charge >= 0.3 is 11.9 Å². The Kier molecular flexibility index (Phi) is 15.4. The van der Waals surface area contributed by atoms with E-state index in [2.05, 4.69) is 24.4 Å². The number of amides is 1. The largest absolute Gasteiger partial charge is 0.478 e. The first-order valence-electron chi connectivity index (χ1n) is 12.4. The smallest absolute Gasteiger partial charge is 0.339 e. The minimum absolute atomic E-state index is 0.0368. The topological polar surface area (TPSA) is 92.7 Å². The molecule has 0 heterocycles. The van der Waals surface area contributed by atoms with Crippen LogP contribution in [0.25, 0.3) is 0 Å². The Bertz CT molecular complexity index is 757. The standard InChI is InChI=1S/C27H41NO5/c1-3-4-5-6-7-8-9-10-11-12-13-14-15-16-17-18-26(30)28-23-19-20-25(33-22(2)29)24(21-23)27(31)32/h10-11,19-21H,3-9,12-18H2,1-2H3,(H,28,30)(H,31,32)/b11-10-. The maximum absolute atomic E-state index is 12.1. The molecular weight excluding hydrogens is 418 g/mol. The van der Waals surface area contributed by atoms with Crippen LogP contribution >= 0.6 is 0 Å². The summed E-state index contributed by atoms with van der Waals surface area (Å²) in [7, 11) is 0. The van der Waals surface area contributed by atoms with Gasteiger partial charge in [0.1, 0.15) is 11.3 Å². The van der Waals surface area contributed by atoms with Crippen molar-refractivity contribution in [3.05, 3.63) is 35.9 Å². The predicted octanol–water partition coefficient (Wildman–Crippen LogP) is 7.29. The van der Waals surface area contributed by atoms with E-state index in [0.717, 1.165) is 25.7 Å². The summed E-state index contributed by atoms with van der Waals surface area (Å²) in [5.74, 6) is -2.01. The zero-order valence-electron chi connectivity index (χ0n) is 20.4. The second-order valence-corrected chi connectivity index (χ2v) is 8.49. The van der Waals surface area contributed by atoms with Crippen LogP contribution in [-0.2, 0) is 9.59 Å². The molecule has 0 aliphatic carbocycles. The summed E-state index contributed by atoms with van der Waals surface area (Å²) in [6, 6.07) is 4.21. The van der Waals surface area contributed by atoms with Gasteiger partial charge in [-0.25, -0.2) is 4.79 Å². The van der Waals surface area contributed by atoms with Crippen molar-refractivity contribution in [1.29, 1.82) is 0 Å². The quantitative estimate of drug-likeness (QED) is 0.104. The number of nitrogens with one attached hydrogen (secondary N) is 1. The minimum Gasteiger partial charge on any atom is -0.478 e. The lowest BCUT2D eigenvalue weighted by atomic mass is 10.1. The van der Waals surface area contributed by atoms with Crippen LogP contribution in [0.2, 0.25) is 0 Å². The molecule has 0 fully saturated rings. The predicted molar refractivity (Wildman–Crippen MR) is 133 cm³/mol. The molecule has 1 aromatic carbocycles. The number of unbranched alkanes of at least 4 members (excludes halogenated alkanes) is 11. The van der Waals surface area contributed by atoms with Crippen molar-refractivity contribution in [2.24, 2.45) is 0 Å². The van der Waals surface area contributed by atoms with Gasteiger partial charge in [-0.2, -0.15) is 0 Å². The lowest BCUT2D eigenvalue weighted by Gasteiger charge is -2.09. The lowest BCUT2D eigenvalue weighted by molar-refractivity contribution is -0.131. The van der Waals surface area contributed by atoms with Crippen LogP contribution in [0.4, 0.5) is 5.69 Å². The molecule has 1 amide bonds. The molecule has 0 aliphatic rings. The van der Waals surface area contributed by atoms with E-state index in [1.54, 1.807) is 0 Å². The van der Waals surface area contributed by atoms with Crippen LogP contribution in [0.5, 0.6) is 5.75 Å². The molecular formula is C27H41NO5. The normalized spacial score (nSPS) is 11.0. The monoisotopic (exact) mass is 459 g/mol. The number of allylic oxidation sites excluding steroid dienone is 2. The van der Waals surface area contributed by atoms with E-state index in [4.69, 9.17) is 4.74 Å². The van der Waals surface area contributed by atoms with E-state index in [9.17, 15) is 19.5 Å². The average Bonchev–Trinajstić information content (AvgIpc) is 2.77. The minimum atomic E-state index is -1.22. The Morgan fingerprint density at radius 2 is 1.45 bits per heavy atom. The Morgan fingerprint density at radius 3 is 2.03 bits per heavy atom. The van der Waals surface area contributed by atoms with Gasteiger partial charge in [0, 0.05) is 19.0 Å². The average molecular weight is 460 g/mol. The fraction of sp³-hybridized carbons (Fsp3) is 0.593. The van der Waals surface area contributed by atoms with Gasteiger partial charge in [-0.15, -0.1) is 0 Å². The first kappa shape index (κ1) is 28.4. The number of rotatable bonds is 18. The number of carboxylic acids is 1. The fourth-order valence-electron chi connectivity index (χ4n) is 3.60. The summed E-state index contributed by atoms with van der Waals surface area (Å²) in [6.07, 6.45) is 20.7. The molecule has 33 heavy (non-hydrogen) atoms. The zero-order valence-corrected chi connectivity index (χ0v) is 20.4. The number of carboxylic acid groups (broad SMARTS) is 1. The highest BCUT2D eigenvalue weighted by Crippen LogP contribution is 2.23. The number of carbonyl (C=O) groups is 3. The molecule has 0 saturated carbocycles. The van der Waals surface area contributed by atoms with Gasteiger partial charge in [0.05, 0.1) is 0 Å². The number of hydrogen-bond donors (Lipinski definition) is 2. The molecule has 0 aliphatic heterocycles. The third-order valence-electron chi connectivity index (χ3n) is 5.41. The van der Waals surface area contributed by atoms with Gasteiger partial charge in [-0.1, -0.05) is 70.4 Å². The van der Waals surface area contributed by atoms with Crippen molar-refractivity contribution in [2.75, 3.05) is 5.32 Å². The number of aromatic carboxylic acids is 1. The Labute approximate surface area is 198 Å². The van der Waals surface area contributed by atoms with Gasteiger partial charge in [0.25, 0.3) is 0 Å². The van der Waals surface area contributed by atoms with Gasteiger partial charge in [-0.3, -0.25) is 9.59 Å². The maximum Gasteiger partial charge on any atom is 0.339 e. The Morgan fingerprint density at radius 1 is 0.879 bits per heavy atom. The molecule has 6 heteroatoms. The van der Waals surface area contributed by atoms with Crippen molar-refractivity contribution in [2.45, 2.75) is 104 Å². The molecule has 1 rings (SSSR count). The maximum atomic E-state index is 12.1. The van der Waals surface area contributed by atoms with Gasteiger partial charge < -0.3 is 15.2 Å². The highest BCUT2D eigenvalue weighted by atomic mass is 16.5. The van der Waals surface area contributed by atoms with Crippen LogP contribution in [0.1, 0.15) is 114 Å². The second-order valence-electron chi connectivity index (χ2n) is 8.49. The molecule has 0 atom stereocenters. The van der Waals surface area contributed by atoms with E-state index in [1.807, 2.05) is 0 Å². The number of ether oxygens (including phenoxy) is 1. The zero-order chi connectivity index (χ0) is 24.3. The summed E-state index contributed by atoms with van der Waals surface area (Å²) < 4.78 is 4.89. The van der Waals surface area contributed by atoms with Crippen molar-refractivity contribution >= 4 is 23.5 Å². The molecule has 0 radical (unpaired) electrons. The van der Waals surface area contributed by atoms with Crippen molar-refractivity contribution in [3.63, 3.8) is 0 Å². The molecule has 2 N–H and O–H groups in total. The van der Waals surface area contributed by atoms with Gasteiger partial charge in [-0.05, 0) is 50.3 Å². The van der Waals surface area contributed by atoms with E-state index >= 15 is 0 Å². The van der Waals surface area contributed by atoms with Crippen LogP contribution in [0.15, 0.2) is 30.4 Å². The third-order valence-corrected chi connectivity index (χ3v) is 5.41. The van der Waals surface area contributed by atoms with E-state index in [-0.39, 0.29) is 17.2 Å². The number of anilines is 1. The molecule has 0 unspecified atom stereocenters. The van der Waals surface area contributed by atoms with Gasteiger partial charge in [0.2, 0.25) is 5.91 Å². The number of hydrogen-bond acceptors (Lipinski definition) is 4. The molecule has 0 bridgehead atoms. The summed E-state index contributed by atoms with van der Waals surface area (Å²) >= 11 is 0. The van der Waals surface area contributed by atoms with E-state index in [1.165, 1.54) is 82.9 Å². The van der Waals surface area contributed by atoms with Crippen molar-refractivity contribution in [3.8, 4) is 5.75 Å². The number of esters is 1. The summed E-state index contributed by atoms with van der Waals surface area (Å²) in [4.78, 5) is 34.6. The molecule has 0 aromatic heterocycles. The summed E-state index contributed by atoms with van der Waals surface area (Å²) in [6.45, 7) is 3.45. The first-order valence-corrected chi connectivity index (χ1v) is 12.4.